The third-order valence-corrected chi connectivity index (χ3v) is 5.24. The van der Waals surface area contributed by atoms with Crippen LogP contribution in [0.15, 0.2) is 6.07 Å². The molecule has 3 N–H and O–H groups in total. The van der Waals surface area contributed by atoms with Crippen molar-refractivity contribution in [3.05, 3.63) is 16.6 Å². The second-order valence-electron chi connectivity index (χ2n) is 7.31. The normalized spacial score (nSPS) is 14.0. The van der Waals surface area contributed by atoms with Crippen molar-refractivity contribution in [2.24, 2.45) is 18.7 Å². The summed E-state index contributed by atoms with van der Waals surface area (Å²) in [5, 5.41) is 8.76. The van der Waals surface area contributed by atoms with E-state index >= 15 is 0 Å². The zero-order chi connectivity index (χ0) is 17.4. The Morgan fingerprint density at radius 2 is 2.04 bits per heavy atom. The topological polar surface area (TPSA) is 72.9 Å². The number of nitrogens with one attached hydrogen (secondary N) is 1. The average Bonchev–Trinajstić information content (AvgIpc) is 2.99. The highest BCUT2D eigenvalue weighted by molar-refractivity contribution is 7.20. The third kappa shape index (κ3) is 4.29. The molecule has 5 nitrogen and oxygen atoms in total. The van der Waals surface area contributed by atoms with Crippen molar-refractivity contribution in [1.29, 1.82) is 0 Å². The lowest BCUT2D eigenvalue weighted by atomic mass is 9.90. The van der Waals surface area contributed by atoms with Gasteiger partial charge in [0.1, 0.15) is 4.83 Å². The maximum absolute atomic E-state index is 12.7. The second kappa shape index (κ2) is 7.85. The van der Waals surface area contributed by atoms with E-state index in [-0.39, 0.29) is 23.9 Å². The third-order valence-electron chi connectivity index (χ3n) is 4.04. The van der Waals surface area contributed by atoms with E-state index in [1.54, 1.807) is 0 Å². The summed E-state index contributed by atoms with van der Waals surface area (Å²) in [6.07, 6.45) is 0.860. The van der Waals surface area contributed by atoms with E-state index in [1.807, 2.05) is 24.7 Å². The van der Waals surface area contributed by atoms with Crippen LogP contribution < -0.4 is 11.1 Å². The summed E-state index contributed by atoms with van der Waals surface area (Å²) >= 11 is 1.49. The van der Waals surface area contributed by atoms with Crippen LogP contribution in [0, 0.1) is 5.92 Å². The molecule has 0 fully saturated rings. The first-order valence-corrected chi connectivity index (χ1v) is 8.97. The number of rotatable bonds is 6. The van der Waals surface area contributed by atoms with Crippen LogP contribution in [0.5, 0.6) is 0 Å². The molecule has 0 aromatic carbocycles. The number of fused-ring (bicyclic) bond motifs is 1. The quantitative estimate of drug-likeness (QED) is 0.812. The lowest BCUT2D eigenvalue weighted by Gasteiger charge is -2.31. The van der Waals surface area contributed by atoms with Gasteiger partial charge in [-0.25, -0.2) is 0 Å². The molecule has 1 amide bonds. The molecule has 0 radical (unpaired) electrons. The molecule has 2 rings (SSSR count). The number of nitrogens with zero attached hydrogens (tertiary/aromatic N) is 2. The number of aromatic nitrogens is 2. The van der Waals surface area contributed by atoms with Gasteiger partial charge in [-0.15, -0.1) is 23.7 Å². The molecule has 24 heavy (non-hydrogen) atoms. The zero-order valence-electron chi connectivity index (χ0n) is 15.3. The Morgan fingerprint density at radius 1 is 1.42 bits per heavy atom. The van der Waals surface area contributed by atoms with Gasteiger partial charge in [-0.1, -0.05) is 27.7 Å². The SMILES string of the molecule is CC(C)CC(C)(CN)NC(=O)c1cc2c(C(C)C)nn(C)c2s1.Cl. The van der Waals surface area contributed by atoms with Crippen LogP contribution in [-0.4, -0.2) is 27.8 Å². The summed E-state index contributed by atoms with van der Waals surface area (Å²) in [6.45, 7) is 11.0. The molecule has 2 aromatic rings. The van der Waals surface area contributed by atoms with E-state index in [2.05, 4.69) is 38.1 Å². The predicted octanol–water partition coefficient (Wildman–Crippen LogP) is 3.67. The molecular weight excluding hydrogens is 344 g/mol. The fraction of sp³-hybridized carbons (Fsp3) is 0.647. The molecular formula is C17H29ClN4OS. The lowest BCUT2D eigenvalue weighted by Crippen LogP contribution is -2.52. The Kier molecular flexibility index (Phi) is 6.84. The molecule has 0 aliphatic heterocycles. The summed E-state index contributed by atoms with van der Waals surface area (Å²) in [6, 6.07) is 1.96. The van der Waals surface area contributed by atoms with Gasteiger partial charge < -0.3 is 11.1 Å². The summed E-state index contributed by atoms with van der Waals surface area (Å²) in [4.78, 5) is 14.4. The molecule has 2 heterocycles. The molecule has 1 unspecified atom stereocenters. The van der Waals surface area contributed by atoms with E-state index in [4.69, 9.17) is 5.73 Å². The van der Waals surface area contributed by atoms with Crippen molar-refractivity contribution in [2.45, 2.75) is 52.5 Å². The summed E-state index contributed by atoms with van der Waals surface area (Å²) in [5.74, 6) is 0.761. The Bertz CT molecular complexity index is 707. The van der Waals surface area contributed by atoms with Gasteiger partial charge in [-0.2, -0.15) is 5.10 Å². The van der Waals surface area contributed by atoms with Crippen LogP contribution >= 0.6 is 23.7 Å². The first kappa shape index (κ1) is 20.9. The summed E-state index contributed by atoms with van der Waals surface area (Å²) < 4.78 is 1.86. The van der Waals surface area contributed by atoms with Crippen molar-refractivity contribution in [1.82, 2.24) is 15.1 Å². The fourth-order valence-corrected chi connectivity index (χ4v) is 4.00. The Hall–Kier alpha value is -1.11. The summed E-state index contributed by atoms with van der Waals surface area (Å²) in [5.41, 5.74) is 6.57. The predicted molar refractivity (Wildman–Crippen MR) is 104 cm³/mol. The maximum atomic E-state index is 12.7. The van der Waals surface area contributed by atoms with Crippen molar-refractivity contribution >= 4 is 39.9 Å². The van der Waals surface area contributed by atoms with Gasteiger partial charge >= 0.3 is 0 Å². The van der Waals surface area contributed by atoms with Gasteiger partial charge in [-0.3, -0.25) is 9.48 Å². The number of hydrogen-bond donors (Lipinski definition) is 2. The number of aryl methyl sites for hydroxylation is 1. The molecule has 0 aliphatic rings. The highest BCUT2D eigenvalue weighted by Gasteiger charge is 2.27. The molecule has 1 atom stereocenters. The zero-order valence-corrected chi connectivity index (χ0v) is 17.0. The van der Waals surface area contributed by atoms with Gasteiger partial charge in [0.2, 0.25) is 0 Å². The van der Waals surface area contributed by atoms with Gasteiger partial charge in [-0.05, 0) is 31.2 Å². The molecule has 0 bridgehead atoms. The molecule has 0 saturated heterocycles. The minimum absolute atomic E-state index is 0. The van der Waals surface area contributed by atoms with Gasteiger partial charge in [0.15, 0.2) is 0 Å². The Labute approximate surface area is 154 Å². The summed E-state index contributed by atoms with van der Waals surface area (Å²) in [7, 11) is 1.93. The van der Waals surface area contributed by atoms with Crippen LogP contribution in [0.25, 0.3) is 10.2 Å². The van der Waals surface area contributed by atoms with E-state index in [1.165, 1.54) is 11.3 Å². The van der Waals surface area contributed by atoms with Crippen LogP contribution in [0.2, 0.25) is 0 Å². The number of carbonyl (C=O) groups excluding carboxylic acids is 1. The van der Waals surface area contributed by atoms with Crippen LogP contribution in [0.3, 0.4) is 0 Å². The largest absolute Gasteiger partial charge is 0.345 e. The highest BCUT2D eigenvalue weighted by Crippen LogP contribution is 2.31. The Balaban J connectivity index is 0.00000288. The minimum atomic E-state index is -0.374. The molecule has 0 spiro atoms. The number of carbonyl (C=O) groups is 1. The smallest absolute Gasteiger partial charge is 0.261 e. The molecule has 136 valence electrons. The minimum Gasteiger partial charge on any atom is -0.345 e. The van der Waals surface area contributed by atoms with Crippen LogP contribution in [0.1, 0.15) is 62.3 Å². The Morgan fingerprint density at radius 3 is 2.54 bits per heavy atom. The van der Waals surface area contributed by atoms with E-state index < -0.39 is 0 Å². The molecule has 0 aliphatic carbocycles. The molecule has 0 saturated carbocycles. The maximum Gasteiger partial charge on any atom is 0.261 e. The van der Waals surface area contributed by atoms with Crippen LogP contribution in [0.4, 0.5) is 0 Å². The number of halogens is 1. The second-order valence-corrected chi connectivity index (χ2v) is 8.34. The highest BCUT2D eigenvalue weighted by atomic mass is 35.5. The van der Waals surface area contributed by atoms with Gasteiger partial charge in [0.25, 0.3) is 5.91 Å². The van der Waals surface area contributed by atoms with Gasteiger partial charge in [0.05, 0.1) is 16.1 Å². The fourth-order valence-electron chi connectivity index (χ4n) is 3.03. The average molecular weight is 373 g/mol. The number of hydrogen-bond acceptors (Lipinski definition) is 4. The molecule has 2 aromatic heterocycles. The number of nitrogens with two attached hydrogens (primary N) is 1. The van der Waals surface area contributed by atoms with Crippen molar-refractivity contribution in [2.75, 3.05) is 6.54 Å². The van der Waals surface area contributed by atoms with E-state index in [0.29, 0.717) is 18.4 Å². The van der Waals surface area contributed by atoms with Gasteiger partial charge in [0, 0.05) is 19.0 Å². The first-order chi connectivity index (χ1) is 10.7. The monoisotopic (exact) mass is 372 g/mol. The van der Waals surface area contributed by atoms with Crippen molar-refractivity contribution < 1.29 is 4.79 Å². The first-order valence-electron chi connectivity index (χ1n) is 8.16. The molecule has 7 heteroatoms. The number of thiophene rings is 1. The van der Waals surface area contributed by atoms with Crippen LogP contribution in [-0.2, 0) is 7.05 Å². The number of amides is 1. The van der Waals surface area contributed by atoms with Crippen molar-refractivity contribution in [3.63, 3.8) is 0 Å². The standard InChI is InChI=1S/C17H28N4OS.ClH/c1-10(2)8-17(5,9-18)19-15(22)13-7-12-14(11(3)4)20-21(6)16(12)23-13;/h7,10-11H,8-9,18H2,1-6H3,(H,19,22);1H. The van der Waals surface area contributed by atoms with E-state index in [9.17, 15) is 4.79 Å². The van der Waals surface area contributed by atoms with E-state index in [0.717, 1.165) is 27.2 Å². The van der Waals surface area contributed by atoms with Crippen molar-refractivity contribution in [3.8, 4) is 0 Å². The lowest BCUT2D eigenvalue weighted by molar-refractivity contribution is 0.0902.